The molecule has 0 amide bonds. The van der Waals surface area contributed by atoms with Crippen molar-refractivity contribution in [3.8, 4) is 0 Å². The Hall–Kier alpha value is -1.90. The second kappa shape index (κ2) is 6.25. The van der Waals surface area contributed by atoms with E-state index >= 15 is 0 Å². The summed E-state index contributed by atoms with van der Waals surface area (Å²) in [5.41, 5.74) is 2.12. The van der Waals surface area contributed by atoms with Gasteiger partial charge in [0.25, 0.3) is 0 Å². The van der Waals surface area contributed by atoms with Gasteiger partial charge in [0, 0.05) is 24.2 Å². The van der Waals surface area contributed by atoms with Crippen LogP contribution in [0.15, 0.2) is 36.4 Å². The molecule has 0 atom stereocenters. The topological polar surface area (TPSA) is 37.8 Å². The summed E-state index contributed by atoms with van der Waals surface area (Å²) < 4.78 is 0. The molecule has 0 saturated carbocycles. The average Bonchev–Trinajstić information content (AvgIpc) is 2.47. The van der Waals surface area contributed by atoms with E-state index in [4.69, 9.17) is 4.98 Å². The molecule has 3 heteroatoms. The van der Waals surface area contributed by atoms with Crippen LogP contribution >= 0.6 is 0 Å². The number of benzene rings is 1. The van der Waals surface area contributed by atoms with Gasteiger partial charge >= 0.3 is 0 Å². The third-order valence-electron chi connectivity index (χ3n) is 3.71. The van der Waals surface area contributed by atoms with Crippen LogP contribution in [0.1, 0.15) is 44.8 Å². The van der Waals surface area contributed by atoms with Crippen molar-refractivity contribution >= 4 is 5.82 Å². The SMILES string of the molecule is CNc1cc(CC(C)C)nc(C(C)(C)c2ccccc2)n1. The molecule has 0 fully saturated rings. The molecule has 1 aromatic heterocycles. The summed E-state index contributed by atoms with van der Waals surface area (Å²) in [6.45, 7) is 8.78. The Morgan fingerprint density at radius 2 is 1.76 bits per heavy atom. The first-order valence-corrected chi connectivity index (χ1v) is 7.55. The van der Waals surface area contributed by atoms with Crippen molar-refractivity contribution in [1.82, 2.24) is 9.97 Å². The van der Waals surface area contributed by atoms with E-state index in [0.717, 1.165) is 23.8 Å². The van der Waals surface area contributed by atoms with Crippen molar-refractivity contribution in [3.05, 3.63) is 53.5 Å². The van der Waals surface area contributed by atoms with Crippen molar-refractivity contribution < 1.29 is 0 Å². The molecule has 2 aromatic rings. The Morgan fingerprint density at radius 1 is 1.10 bits per heavy atom. The van der Waals surface area contributed by atoms with Crippen LogP contribution in [0.3, 0.4) is 0 Å². The van der Waals surface area contributed by atoms with E-state index < -0.39 is 0 Å². The minimum absolute atomic E-state index is 0.208. The number of rotatable bonds is 5. The summed E-state index contributed by atoms with van der Waals surface area (Å²) in [5, 5.41) is 3.15. The van der Waals surface area contributed by atoms with Crippen LogP contribution in [0.5, 0.6) is 0 Å². The predicted molar refractivity (Wildman–Crippen MR) is 88.7 cm³/mol. The lowest BCUT2D eigenvalue weighted by Crippen LogP contribution is -2.23. The van der Waals surface area contributed by atoms with Crippen LogP contribution < -0.4 is 5.32 Å². The first-order valence-electron chi connectivity index (χ1n) is 7.55. The van der Waals surface area contributed by atoms with Crippen molar-refractivity contribution in [2.24, 2.45) is 5.92 Å². The molecule has 1 N–H and O–H groups in total. The van der Waals surface area contributed by atoms with Crippen LogP contribution in [0.4, 0.5) is 5.82 Å². The Morgan fingerprint density at radius 3 is 2.33 bits per heavy atom. The summed E-state index contributed by atoms with van der Waals surface area (Å²) in [6, 6.07) is 12.5. The quantitative estimate of drug-likeness (QED) is 0.900. The molecular formula is C18H25N3. The van der Waals surface area contributed by atoms with E-state index in [1.165, 1.54) is 5.56 Å². The molecule has 0 bridgehead atoms. The third-order valence-corrected chi connectivity index (χ3v) is 3.71. The number of anilines is 1. The van der Waals surface area contributed by atoms with E-state index in [9.17, 15) is 0 Å². The predicted octanol–water partition coefficient (Wildman–Crippen LogP) is 4.04. The Balaban J connectivity index is 2.46. The van der Waals surface area contributed by atoms with Crippen molar-refractivity contribution in [3.63, 3.8) is 0 Å². The maximum Gasteiger partial charge on any atom is 0.140 e. The second-order valence-electron chi connectivity index (χ2n) is 6.41. The van der Waals surface area contributed by atoms with Gasteiger partial charge < -0.3 is 5.32 Å². The molecule has 0 radical (unpaired) electrons. The third kappa shape index (κ3) is 3.60. The van der Waals surface area contributed by atoms with Crippen LogP contribution in [-0.2, 0) is 11.8 Å². The molecular weight excluding hydrogens is 258 g/mol. The standard InChI is InChI=1S/C18H25N3/c1-13(2)11-15-12-16(19-5)21-17(20-15)18(3,4)14-9-7-6-8-10-14/h6-10,12-13H,11H2,1-5H3,(H,19,20,21). The molecule has 0 aliphatic rings. The molecule has 0 aliphatic carbocycles. The van der Waals surface area contributed by atoms with Crippen molar-refractivity contribution in [1.29, 1.82) is 0 Å². The van der Waals surface area contributed by atoms with Gasteiger partial charge in [-0.05, 0) is 31.7 Å². The Kier molecular flexibility index (Phi) is 4.61. The summed E-state index contributed by atoms with van der Waals surface area (Å²) in [5.74, 6) is 2.34. The highest BCUT2D eigenvalue weighted by Crippen LogP contribution is 2.29. The highest BCUT2D eigenvalue weighted by atomic mass is 15.0. The van der Waals surface area contributed by atoms with Gasteiger partial charge in [-0.15, -0.1) is 0 Å². The summed E-state index contributed by atoms with van der Waals surface area (Å²) >= 11 is 0. The normalized spacial score (nSPS) is 11.7. The first kappa shape index (κ1) is 15.5. The molecule has 0 saturated heterocycles. The van der Waals surface area contributed by atoms with Crippen molar-refractivity contribution in [2.75, 3.05) is 12.4 Å². The van der Waals surface area contributed by atoms with Gasteiger partial charge in [0.15, 0.2) is 0 Å². The smallest absolute Gasteiger partial charge is 0.140 e. The Labute approximate surface area is 127 Å². The van der Waals surface area contributed by atoms with Gasteiger partial charge in [0.1, 0.15) is 11.6 Å². The maximum absolute atomic E-state index is 4.82. The molecule has 3 nitrogen and oxygen atoms in total. The Bertz CT molecular complexity index is 589. The zero-order valence-corrected chi connectivity index (χ0v) is 13.6. The average molecular weight is 283 g/mol. The van der Waals surface area contributed by atoms with Gasteiger partial charge in [-0.2, -0.15) is 0 Å². The van der Waals surface area contributed by atoms with Gasteiger partial charge in [0.2, 0.25) is 0 Å². The fourth-order valence-corrected chi connectivity index (χ4v) is 2.41. The summed E-state index contributed by atoms with van der Waals surface area (Å²) in [6.07, 6.45) is 0.967. The molecule has 0 unspecified atom stereocenters. The zero-order chi connectivity index (χ0) is 15.5. The van der Waals surface area contributed by atoms with E-state index in [2.05, 4.69) is 62.3 Å². The fraction of sp³-hybridized carbons (Fsp3) is 0.444. The van der Waals surface area contributed by atoms with E-state index in [0.29, 0.717) is 5.92 Å². The monoisotopic (exact) mass is 283 g/mol. The molecule has 2 rings (SSSR count). The molecule has 1 heterocycles. The van der Waals surface area contributed by atoms with Crippen LogP contribution in [-0.4, -0.2) is 17.0 Å². The van der Waals surface area contributed by atoms with Crippen molar-refractivity contribution in [2.45, 2.75) is 39.5 Å². The van der Waals surface area contributed by atoms with Gasteiger partial charge in [-0.1, -0.05) is 44.2 Å². The van der Waals surface area contributed by atoms with Gasteiger partial charge in [0.05, 0.1) is 0 Å². The molecule has 21 heavy (non-hydrogen) atoms. The zero-order valence-electron chi connectivity index (χ0n) is 13.6. The van der Waals surface area contributed by atoms with Crippen LogP contribution in [0.25, 0.3) is 0 Å². The summed E-state index contributed by atoms with van der Waals surface area (Å²) in [4.78, 5) is 9.50. The molecule has 112 valence electrons. The lowest BCUT2D eigenvalue weighted by Gasteiger charge is -2.25. The van der Waals surface area contributed by atoms with Crippen LogP contribution in [0, 0.1) is 5.92 Å². The fourth-order valence-electron chi connectivity index (χ4n) is 2.41. The maximum atomic E-state index is 4.82. The highest BCUT2D eigenvalue weighted by molar-refractivity contribution is 5.39. The highest BCUT2D eigenvalue weighted by Gasteiger charge is 2.27. The number of hydrogen-bond acceptors (Lipinski definition) is 3. The number of nitrogens with zero attached hydrogens (tertiary/aromatic N) is 2. The lowest BCUT2D eigenvalue weighted by molar-refractivity contribution is 0.573. The molecule has 0 spiro atoms. The second-order valence-corrected chi connectivity index (χ2v) is 6.41. The number of aromatic nitrogens is 2. The first-order chi connectivity index (χ1) is 9.93. The van der Waals surface area contributed by atoms with E-state index in [1.807, 2.05) is 19.2 Å². The number of nitrogens with one attached hydrogen (secondary N) is 1. The lowest BCUT2D eigenvalue weighted by atomic mass is 9.83. The largest absolute Gasteiger partial charge is 0.373 e. The molecule has 1 aromatic carbocycles. The van der Waals surface area contributed by atoms with Gasteiger partial charge in [-0.3, -0.25) is 0 Å². The van der Waals surface area contributed by atoms with Gasteiger partial charge in [-0.25, -0.2) is 9.97 Å². The van der Waals surface area contributed by atoms with Crippen LogP contribution in [0.2, 0.25) is 0 Å². The van der Waals surface area contributed by atoms with E-state index in [1.54, 1.807) is 0 Å². The minimum Gasteiger partial charge on any atom is -0.373 e. The number of hydrogen-bond donors (Lipinski definition) is 1. The molecule has 0 aliphatic heterocycles. The minimum atomic E-state index is -0.208. The van der Waals surface area contributed by atoms with E-state index in [-0.39, 0.29) is 5.41 Å². The summed E-state index contributed by atoms with van der Waals surface area (Å²) in [7, 11) is 1.90.